The zero-order chi connectivity index (χ0) is 14.4. The Balaban J connectivity index is 1.92. The number of nitrogens with one attached hydrogen (secondary N) is 1. The van der Waals surface area contributed by atoms with Crippen LogP contribution < -0.4 is 5.32 Å². The smallest absolute Gasteiger partial charge is 0.134 e. The maximum Gasteiger partial charge on any atom is 0.134 e. The van der Waals surface area contributed by atoms with Crippen LogP contribution >= 0.6 is 11.6 Å². The van der Waals surface area contributed by atoms with Crippen molar-refractivity contribution in [1.82, 2.24) is 5.32 Å². The Morgan fingerprint density at radius 3 is 2.60 bits per heavy atom. The lowest BCUT2D eigenvalue weighted by Crippen LogP contribution is -2.19. The van der Waals surface area contributed by atoms with Crippen LogP contribution in [0.25, 0.3) is 17.4 Å². The molecule has 106 valence electrons. The van der Waals surface area contributed by atoms with E-state index < -0.39 is 0 Å². The van der Waals surface area contributed by atoms with E-state index in [1.165, 1.54) is 0 Å². The van der Waals surface area contributed by atoms with Crippen LogP contribution in [-0.2, 0) is 0 Å². The molecule has 1 aromatic heterocycles. The Morgan fingerprint density at radius 1 is 1.15 bits per heavy atom. The van der Waals surface area contributed by atoms with E-state index in [2.05, 4.69) is 25.2 Å². The van der Waals surface area contributed by atoms with E-state index in [0.29, 0.717) is 5.92 Å². The van der Waals surface area contributed by atoms with Gasteiger partial charge in [-0.15, -0.1) is 0 Å². The highest BCUT2D eigenvalue weighted by Gasteiger charge is 2.02. The van der Waals surface area contributed by atoms with Gasteiger partial charge in [-0.3, -0.25) is 0 Å². The van der Waals surface area contributed by atoms with E-state index in [9.17, 15) is 0 Å². The minimum atomic E-state index is 0.670. The molecule has 0 bridgehead atoms. The number of benzene rings is 1. The largest absolute Gasteiger partial charge is 0.457 e. The number of hydrogen-bond acceptors (Lipinski definition) is 2. The average molecular weight is 290 g/mol. The third-order valence-electron chi connectivity index (χ3n) is 2.85. The summed E-state index contributed by atoms with van der Waals surface area (Å²) in [6.45, 7) is 6.27. The summed E-state index contributed by atoms with van der Waals surface area (Å²) in [7, 11) is 0. The molecule has 0 saturated heterocycles. The van der Waals surface area contributed by atoms with Crippen LogP contribution in [0.4, 0.5) is 0 Å². The molecule has 0 saturated carbocycles. The van der Waals surface area contributed by atoms with Gasteiger partial charge in [0.25, 0.3) is 0 Å². The van der Waals surface area contributed by atoms with Gasteiger partial charge in [-0.25, -0.2) is 0 Å². The highest BCUT2D eigenvalue weighted by atomic mass is 35.5. The molecular formula is C17H20ClNO. The fourth-order valence-electron chi connectivity index (χ4n) is 1.84. The summed E-state index contributed by atoms with van der Waals surface area (Å²) in [5.74, 6) is 2.39. The zero-order valence-electron chi connectivity index (χ0n) is 11.9. The van der Waals surface area contributed by atoms with E-state index in [-0.39, 0.29) is 0 Å². The Labute approximate surface area is 125 Å². The molecule has 0 amide bonds. The Morgan fingerprint density at radius 2 is 1.90 bits per heavy atom. The van der Waals surface area contributed by atoms with E-state index in [1.54, 1.807) is 0 Å². The lowest BCUT2D eigenvalue weighted by molar-refractivity contribution is 0.569. The summed E-state index contributed by atoms with van der Waals surface area (Å²) in [4.78, 5) is 0. The summed E-state index contributed by atoms with van der Waals surface area (Å²) >= 11 is 5.88. The van der Waals surface area contributed by atoms with Crippen molar-refractivity contribution in [2.24, 2.45) is 5.92 Å². The molecule has 0 aliphatic carbocycles. The summed E-state index contributed by atoms with van der Waals surface area (Å²) in [5.41, 5.74) is 1.03. The van der Waals surface area contributed by atoms with Gasteiger partial charge in [0.15, 0.2) is 0 Å². The molecule has 0 spiro atoms. The Kier molecular flexibility index (Phi) is 5.45. The summed E-state index contributed by atoms with van der Waals surface area (Å²) in [6, 6.07) is 11.6. The summed E-state index contributed by atoms with van der Waals surface area (Å²) < 4.78 is 5.78. The van der Waals surface area contributed by atoms with Crippen LogP contribution in [0.15, 0.2) is 46.9 Å². The van der Waals surface area contributed by atoms with Crippen molar-refractivity contribution in [2.75, 3.05) is 13.1 Å². The van der Waals surface area contributed by atoms with Gasteiger partial charge in [0.1, 0.15) is 11.5 Å². The summed E-state index contributed by atoms with van der Waals surface area (Å²) in [5, 5.41) is 4.09. The van der Waals surface area contributed by atoms with E-state index in [4.69, 9.17) is 16.0 Å². The normalized spacial score (nSPS) is 11.6. The number of furan rings is 1. The molecule has 0 unspecified atom stereocenters. The second-order valence-corrected chi connectivity index (χ2v) is 5.60. The quantitative estimate of drug-likeness (QED) is 0.768. The van der Waals surface area contributed by atoms with Crippen LogP contribution in [-0.4, -0.2) is 13.1 Å². The first kappa shape index (κ1) is 14.9. The monoisotopic (exact) mass is 289 g/mol. The first-order valence-electron chi connectivity index (χ1n) is 6.88. The third-order valence-corrected chi connectivity index (χ3v) is 3.10. The van der Waals surface area contributed by atoms with Crippen LogP contribution in [0.1, 0.15) is 19.6 Å². The van der Waals surface area contributed by atoms with Gasteiger partial charge in [-0.1, -0.05) is 31.5 Å². The molecule has 2 rings (SSSR count). The molecule has 2 aromatic rings. The molecule has 3 heteroatoms. The van der Waals surface area contributed by atoms with Crippen molar-refractivity contribution in [3.8, 4) is 11.3 Å². The molecule has 1 aromatic carbocycles. The molecule has 0 atom stereocenters. The molecule has 1 N–H and O–H groups in total. The third kappa shape index (κ3) is 4.55. The molecule has 20 heavy (non-hydrogen) atoms. The number of halogens is 1. The molecule has 0 aliphatic rings. The second-order valence-electron chi connectivity index (χ2n) is 5.16. The van der Waals surface area contributed by atoms with Gasteiger partial charge < -0.3 is 9.73 Å². The molecule has 0 fully saturated rings. The molecule has 0 radical (unpaired) electrons. The van der Waals surface area contributed by atoms with Crippen LogP contribution in [0.2, 0.25) is 5.02 Å². The van der Waals surface area contributed by atoms with Gasteiger partial charge in [0.05, 0.1) is 0 Å². The van der Waals surface area contributed by atoms with Crippen molar-refractivity contribution in [2.45, 2.75) is 13.8 Å². The van der Waals surface area contributed by atoms with Crippen molar-refractivity contribution in [3.63, 3.8) is 0 Å². The predicted octanol–water partition coefficient (Wildman–Crippen LogP) is 4.86. The van der Waals surface area contributed by atoms with Gasteiger partial charge in [-0.2, -0.15) is 0 Å². The lowest BCUT2D eigenvalue weighted by atomic mass is 10.2. The van der Waals surface area contributed by atoms with Crippen molar-refractivity contribution in [1.29, 1.82) is 0 Å². The highest BCUT2D eigenvalue weighted by molar-refractivity contribution is 6.30. The summed E-state index contributed by atoms with van der Waals surface area (Å²) in [6.07, 6.45) is 4.07. The number of rotatable bonds is 6. The first-order chi connectivity index (χ1) is 9.65. The van der Waals surface area contributed by atoms with Crippen molar-refractivity contribution in [3.05, 3.63) is 53.3 Å². The maximum absolute atomic E-state index is 5.88. The van der Waals surface area contributed by atoms with Crippen LogP contribution in [0, 0.1) is 5.92 Å². The van der Waals surface area contributed by atoms with Gasteiger partial charge in [0.2, 0.25) is 0 Å². The standard InChI is InChI=1S/C17H20ClNO/c1-13(2)12-19-11-3-4-16-9-10-17(20-16)14-5-7-15(18)8-6-14/h3-10,13,19H,11-12H2,1-2H3. The highest BCUT2D eigenvalue weighted by Crippen LogP contribution is 2.24. The molecule has 1 heterocycles. The molecular weight excluding hydrogens is 270 g/mol. The lowest BCUT2D eigenvalue weighted by Gasteiger charge is -2.03. The second kappa shape index (κ2) is 7.32. The fourth-order valence-corrected chi connectivity index (χ4v) is 1.97. The Hall–Kier alpha value is -1.51. The van der Waals surface area contributed by atoms with E-state index in [1.807, 2.05) is 42.5 Å². The fraction of sp³-hybridized carbons (Fsp3) is 0.294. The van der Waals surface area contributed by atoms with Crippen molar-refractivity contribution >= 4 is 17.7 Å². The average Bonchev–Trinajstić information content (AvgIpc) is 2.87. The van der Waals surface area contributed by atoms with E-state index >= 15 is 0 Å². The SMILES string of the molecule is CC(C)CNCC=Cc1ccc(-c2ccc(Cl)cc2)o1. The Bertz CT molecular complexity index is 555. The molecule has 2 nitrogen and oxygen atoms in total. The minimum Gasteiger partial charge on any atom is -0.457 e. The molecule has 0 aliphatic heterocycles. The van der Waals surface area contributed by atoms with Crippen LogP contribution in [0.3, 0.4) is 0 Å². The maximum atomic E-state index is 5.88. The van der Waals surface area contributed by atoms with E-state index in [0.717, 1.165) is 35.2 Å². The van der Waals surface area contributed by atoms with Crippen molar-refractivity contribution < 1.29 is 4.42 Å². The number of hydrogen-bond donors (Lipinski definition) is 1. The first-order valence-corrected chi connectivity index (χ1v) is 7.26. The van der Waals surface area contributed by atoms with Gasteiger partial charge in [0, 0.05) is 17.1 Å². The topological polar surface area (TPSA) is 25.2 Å². The zero-order valence-corrected chi connectivity index (χ0v) is 12.7. The predicted molar refractivity (Wildman–Crippen MR) is 85.9 cm³/mol. The van der Waals surface area contributed by atoms with Gasteiger partial charge in [-0.05, 0) is 54.9 Å². The van der Waals surface area contributed by atoms with Gasteiger partial charge >= 0.3 is 0 Å². The minimum absolute atomic E-state index is 0.670. The van der Waals surface area contributed by atoms with Crippen LogP contribution in [0.5, 0.6) is 0 Å².